The van der Waals surface area contributed by atoms with E-state index in [0.717, 1.165) is 18.5 Å². The molecular weight excluding hydrogens is 484 g/mol. The summed E-state index contributed by atoms with van der Waals surface area (Å²) in [7, 11) is 1.40. The maximum absolute atomic E-state index is 13.6. The number of nitrogens with one attached hydrogen (secondary N) is 3. The third-order valence-corrected chi connectivity index (χ3v) is 6.25. The van der Waals surface area contributed by atoms with Gasteiger partial charge < -0.3 is 25.2 Å². The molecule has 194 valence electrons. The maximum atomic E-state index is 13.6. The molecule has 0 atom stereocenters. The Morgan fingerprint density at radius 2 is 1.59 bits per heavy atom. The van der Waals surface area contributed by atoms with Crippen LogP contribution >= 0.6 is 0 Å². The van der Waals surface area contributed by atoms with Crippen LogP contribution in [0.2, 0.25) is 0 Å². The monoisotopic (exact) mass is 511 g/mol. The quantitative estimate of drug-likeness (QED) is 0.468. The molecule has 11 heteroatoms. The number of carbonyl (C=O) groups is 3. The van der Waals surface area contributed by atoms with Gasteiger partial charge in [0.1, 0.15) is 17.2 Å². The summed E-state index contributed by atoms with van der Waals surface area (Å²) < 4.78 is 29.3. The van der Waals surface area contributed by atoms with Crippen molar-refractivity contribution in [3.05, 3.63) is 59.8 Å². The van der Waals surface area contributed by atoms with Gasteiger partial charge in [-0.2, -0.15) is 8.78 Å². The van der Waals surface area contributed by atoms with Gasteiger partial charge in [0.2, 0.25) is 5.91 Å². The zero-order valence-corrected chi connectivity index (χ0v) is 20.2. The molecule has 2 aliphatic heterocycles. The zero-order valence-electron chi connectivity index (χ0n) is 20.2. The first-order valence-corrected chi connectivity index (χ1v) is 11.9. The average molecular weight is 512 g/mol. The Hall–Kier alpha value is -4.28. The predicted octanol–water partition coefficient (Wildman–Crippen LogP) is 3.67. The fraction of sp³-hybridized carbons (Fsp3) is 0.308. The highest BCUT2D eigenvalue weighted by molar-refractivity contribution is 6.45. The van der Waals surface area contributed by atoms with Gasteiger partial charge in [0.05, 0.1) is 0 Å². The second kappa shape index (κ2) is 11.2. The Morgan fingerprint density at radius 3 is 2.19 bits per heavy atom. The number of hydrogen-bond donors (Lipinski definition) is 3. The molecule has 1 saturated heterocycles. The number of rotatable bonds is 8. The SMILES string of the molecule is CNC(=O)C(=N)C1=C(Nc2ccc(OC(F)F)cc2)C(=O)N(c2ccc(N3CCCCC3=O)cc2)CC1. The lowest BCUT2D eigenvalue weighted by atomic mass is 9.98. The summed E-state index contributed by atoms with van der Waals surface area (Å²) >= 11 is 0. The molecule has 0 spiro atoms. The first-order valence-electron chi connectivity index (χ1n) is 11.9. The summed E-state index contributed by atoms with van der Waals surface area (Å²) in [6, 6.07) is 12.7. The van der Waals surface area contributed by atoms with E-state index < -0.39 is 18.4 Å². The number of amides is 3. The Kier molecular flexibility index (Phi) is 7.80. The van der Waals surface area contributed by atoms with Crippen molar-refractivity contribution in [1.29, 1.82) is 5.41 Å². The standard InChI is InChI=1S/C26H27F2N5O4/c1-30-24(35)22(29)20-13-15-33(18-9-7-17(8-10-18)32-14-3-2-4-21(32)34)25(36)23(20)31-16-5-11-19(12-6-16)37-26(27)28/h5-12,26,29,31H,2-4,13-15H2,1H3,(H,30,35). The average Bonchev–Trinajstić information content (AvgIpc) is 2.90. The predicted molar refractivity (Wildman–Crippen MR) is 135 cm³/mol. The van der Waals surface area contributed by atoms with Crippen molar-refractivity contribution in [3.63, 3.8) is 0 Å². The summed E-state index contributed by atoms with van der Waals surface area (Å²) in [6.07, 6.45) is 2.57. The topological polar surface area (TPSA) is 115 Å². The van der Waals surface area contributed by atoms with Crippen LogP contribution in [0.5, 0.6) is 5.75 Å². The van der Waals surface area contributed by atoms with Crippen molar-refractivity contribution in [3.8, 4) is 5.75 Å². The fourth-order valence-corrected chi connectivity index (χ4v) is 4.36. The Bertz CT molecular complexity index is 1230. The van der Waals surface area contributed by atoms with Crippen molar-refractivity contribution >= 4 is 40.5 Å². The van der Waals surface area contributed by atoms with Gasteiger partial charge in [-0.3, -0.25) is 19.8 Å². The summed E-state index contributed by atoms with van der Waals surface area (Å²) in [5, 5.41) is 13.7. The molecule has 0 bridgehead atoms. The highest BCUT2D eigenvalue weighted by Gasteiger charge is 2.32. The number of piperidine rings is 1. The van der Waals surface area contributed by atoms with Gasteiger partial charge in [-0.15, -0.1) is 0 Å². The van der Waals surface area contributed by atoms with Crippen LogP contribution in [0.1, 0.15) is 25.7 Å². The number of halogens is 2. The first kappa shape index (κ1) is 25.8. The van der Waals surface area contributed by atoms with E-state index in [1.165, 1.54) is 36.2 Å². The Labute approximate surface area is 212 Å². The molecule has 0 unspecified atom stereocenters. The zero-order chi connectivity index (χ0) is 26.5. The molecule has 2 aromatic carbocycles. The molecule has 0 aliphatic carbocycles. The lowest BCUT2D eigenvalue weighted by Crippen LogP contribution is -2.42. The van der Waals surface area contributed by atoms with E-state index in [9.17, 15) is 23.2 Å². The van der Waals surface area contributed by atoms with Gasteiger partial charge in [-0.05, 0) is 67.8 Å². The molecule has 2 aromatic rings. The van der Waals surface area contributed by atoms with E-state index in [4.69, 9.17) is 5.41 Å². The molecule has 37 heavy (non-hydrogen) atoms. The molecule has 1 fully saturated rings. The number of hydrogen-bond acceptors (Lipinski definition) is 6. The minimum Gasteiger partial charge on any atom is -0.435 e. The van der Waals surface area contributed by atoms with E-state index in [1.54, 1.807) is 29.2 Å². The Morgan fingerprint density at radius 1 is 0.946 bits per heavy atom. The lowest BCUT2D eigenvalue weighted by molar-refractivity contribution is -0.119. The lowest BCUT2D eigenvalue weighted by Gasteiger charge is -2.32. The summed E-state index contributed by atoms with van der Waals surface area (Å²) in [5.74, 6) is -1.06. The van der Waals surface area contributed by atoms with Crippen LogP contribution in [0.15, 0.2) is 59.8 Å². The van der Waals surface area contributed by atoms with E-state index in [0.29, 0.717) is 24.3 Å². The highest BCUT2D eigenvalue weighted by atomic mass is 19.3. The first-order chi connectivity index (χ1) is 17.8. The van der Waals surface area contributed by atoms with Crippen molar-refractivity contribution in [2.45, 2.75) is 32.3 Å². The minimum atomic E-state index is -2.96. The number of anilines is 3. The van der Waals surface area contributed by atoms with Gasteiger partial charge in [0.25, 0.3) is 11.8 Å². The molecule has 0 radical (unpaired) electrons. The second-order valence-corrected chi connectivity index (χ2v) is 8.56. The molecule has 2 heterocycles. The van der Waals surface area contributed by atoms with Crippen LogP contribution in [0, 0.1) is 5.41 Å². The molecule has 0 saturated carbocycles. The van der Waals surface area contributed by atoms with E-state index in [2.05, 4.69) is 15.4 Å². The summed E-state index contributed by atoms with van der Waals surface area (Å²) in [4.78, 5) is 41.3. The smallest absolute Gasteiger partial charge is 0.387 e. The molecule has 3 N–H and O–H groups in total. The molecule has 0 aromatic heterocycles. The third kappa shape index (κ3) is 5.76. The summed E-state index contributed by atoms with van der Waals surface area (Å²) in [6.45, 7) is -2.07. The van der Waals surface area contributed by atoms with Crippen molar-refractivity contribution < 1.29 is 27.9 Å². The van der Waals surface area contributed by atoms with E-state index in [-0.39, 0.29) is 41.6 Å². The van der Waals surface area contributed by atoms with Gasteiger partial charge in [-0.25, -0.2) is 0 Å². The van der Waals surface area contributed by atoms with Gasteiger partial charge in [0.15, 0.2) is 0 Å². The molecule has 3 amide bonds. The Balaban J connectivity index is 1.60. The number of alkyl halides is 2. The number of benzene rings is 2. The number of ether oxygens (including phenoxy) is 1. The van der Waals surface area contributed by atoms with Crippen LogP contribution in [-0.4, -0.2) is 50.2 Å². The fourth-order valence-electron chi connectivity index (χ4n) is 4.36. The summed E-state index contributed by atoms with van der Waals surface area (Å²) in [5.41, 5.74) is 1.70. The molecular formula is C26H27F2N5O4. The van der Waals surface area contributed by atoms with Crippen LogP contribution in [0.4, 0.5) is 25.8 Å². The van der Waals surface area contributed by atoms with Crippen molar-refractivity contribution in [1.82, 2.24) is 5.32 Å². The maximum Gasteiger partial charge on any atom is 0.387 e. The van der Waals surface area contributed by atoms with Crippen LogP contribution in [0.25, 0.3) is 0 Å². The molecule has 4 rings (SSSR count). The molecule has 9 nitrogen and oxygen atoms in total. The number of nitrogens with zero attached hydrogens (tertiary/aromatic N) is 2. The third-order valence-electron chi connectivity index (χ3n) is 6.25. The van der Waals surface area contributed by atoms with Crippen molar-refractivity contribution in [2.75, 3.05) is 35.3 Å². The van der Waals surface area contributed by atoms with Crippen molar-refractivity contribution in [2.24, 2.45) is 0 Å². The number of carbonyl (C=O) groups excluding carboxylic acids is 3. The highest BCUT2D eigenvalue weighted by Crippen LogP contribution is 2.30. The van der Waals surface area contributed by atoms with Gasteiger partial charge in [-0.1, -0.05) is 0 Å². The van der Waals surface area contributed by atoms with Crippen LogP contribution in [-0.2, 0) is 14.4 Å². The van der Waals surface area contributed by atoms with Crippen LogP contribution < -0.4 is 25.2 Å². The van der Waals surface area contributed by atoms with E-state index in [1.807, 2.05) is 0 Å². The largest absolute Gasteiger partial charge is 0.435 e. The molecule has 2 aliphatic rings. The second-order valence-electron chi connectivity index (χ2n) is 8.56. The van der Waals surface area contributed by atoms with Crippen LogP contribution in [0.3, 0.4) is 0 Å². The van der Waals surface area contributed by atoms with E-state index >= 15 is 0 Å². The normalized spacial score (nSPS) is 16.2. The minimum absolute atomic E-state index is 0.0395. The van der Waals surface area contributed by atoms with Gasteiger partial charge in [0, 0.05) is 49.2 Å². The van der Waals surface area contributed by atoms with Gasteiger partial charge >= 0.3 is 6.61 Å².